The molecule has 0 bridgehead atoms. The molecule has 0 radical (unpaired) electrons. The van der Waals surface area contributed by atoms with Gasteiger partial charge in [-0.25, -0.2) is 17.4 Å². The molecule has 0 aliphatic heterocycles. The number of nitrogens with zero attached hydrogens (tertiary/aromatic N) is 3. The van der Waals surface area contributed by atoms with Crippen LogP contribution in [0.1, 0.15) is 0 Å². The van der Waals surface area contributed by atoms with Crippen LogP contribution in [0.15, 0.2) is 46.0 Å². The van der Waals surface area contributed by atoms with E-state index in [-0.39, 0.29) is 4.90 Å². The Morgan fingerprint density at radius 3 is 2.28 bits per heavy atom. The molecule has 0 aliphatic rings. The summed E-state index contributed by atoms with van der Waals surface area (Å²) in [6.45, 7) is 0. The van der Waals surface area contributed by atoms with E-state index < -0.39 is 10.0 Å². The molecule has 2 rings (SSSR count). The fraction of sp³-hybridized carbons (Fsp3) is 0.182. The molecule has 0 saturated heterocycles. The van der Waals surface area contributed by atoms with Crippen molar-refractivity contribution in [3.05, 3.63) is 41.1 Å². The summed E-state index contributed by atoms with van der Waals surface area (Å²) in [5.74, 6) is 0. The van der Waals surface area contributed by atoms with Gasteiger partial charge >= 0.3 is 0 Å². The Kier molecular flexibility index (Phi) is 3.56. The third kappa shape index (κ3) is 2.47. The lowest BCUT2D eigenvalue weighted by Crippen LogP contribution is -2.22. The highest BCUT2D eigenvalue weighted by atomic mass is 79.9. The normalized spacial score (nSPS) is 12.0. The van der Waals surface area contributed by atoms with Crippen LogP contribution in [-0.2, 0) is 10.0 Å². The van der Waals surface area contributed by atoms with Crippen LogP contribution in [0.4, 0.5) is 0 Å². The topological polar surface area (TPSA) is 55.2 Å². The minimum absolute atomic E-state index is 0.266. The zero-order chi connectivity index (χ0) is 13.3. The molecule has 0 atom stereocenters. The standard InChI is InChI=1S/C11H12BrN3O2S/c1-14(2)18(16,17)11-5-3-10(4-6-11)15-8-9(12)7-13-15/h3-8H,1-2H3. The number of sulfonamides is 1. The molecule has 0 unspecified atom stereocenters. The SMILES string of the molecule is CN(C)S(=O)(=O)c1ccc(-n2cc(Br)cn2)cc1. The van der Waals surface area contributed by atoms with Crippen LogP contribution in [0.25, 0.3) is 5.69 Å². The summed E-state index contributed by atoms with van der Waals surface area (Å²) in [6.07, 6.45) is 3.47. The Hall–Kier alpha value is -1.18. The summed E-state index contributed by atoms with van der Waals surface area (Å²) in [5, 5.41) is 4.12. The van der Waals surface area contributed by atoms with Crippen molar-refractivity contribution in [2.45, 2.75) is 4.90 Å². The van der Waals surface area contributed by atoms with E-state index in [9.17, 15) is 8.42 Å². The van der Waals surface area contributed by atoms with Gasteiger partial charge in [0, 0.05) is 20.3 Å². The Bertz CT molecular complexity index is 647. The van der Waals surface area contributed by atoms with E-state index in [2.05, 4.69) is 21.0 Å². The molecular weight excluding hydrogens is 318 g/mol. The van der Waals surface area contributed by atoms with Gasteiger partial charge in [0.25, 0.3) is 0 Å². The quantitative estimate of drug-likeness (QED) is 0.864. The molecular formula is C11H12BrN3O2S. The number of halogens is 1. The van der Waals surface area contributed by atoms with Crippen LogP contribution in [0.3, 0.4) is 0 Å². The van der Waals surface area contributed by atoms with Gasteiger partial charge in [0.05, 0.1) is 21.3 Å². The number of hydrogen-bond donors (Lipinski definition) is 0. The van der Waals surface area contributed by atoms with Crippen LogP contribution < -0.4 is 0 Å². The summed E-state index contributed by atoms with van der Waals surface area (Å²) >= 11 is 3.31. The van der Waals surface area contributed by atoms with E-state index in [1.165, 1.54) is 18.4 Å². The maximum absolute atomic E-state index is 11.9. The number of benzene rings is 1. The van der Waals surface area contributed by atoms with E-state index >= 15 is 0 Å². The first-order chi connectivity index (χ1) is 8.41. The van der Waals surface area contributed by atoms with Crippen molar-refractivity contribution in [2.75, 3.05) is 14.1 Å². The van der Waals surface area contributed by atoms with Crippen molar-refractivity contribution in [2.24, 2.45) is 0 Å². The second-order valence-electron chi connectivity index (χ2n) is 3.88. The van der Waals surface area contributed by atoms with Gasteiger partial charge < -0.3 is 0 Å². The fourth-order valence-corrected chi connectivity index (χ4v) is 2.61. The predicted molar refractivity (Wildman–Crippen MR) is 72.1 cm³/mol. The fourth-order valence-electron chi connectivity index (χ4n) is 1.42. The molecule has 0 aliphatic carbocycles. The number of hydrogen-bond acceptors (Lipinski definition) is 3. The Morgan fingerprint density at radius 2 is 1.83 bits per heavy atom. The van der Waals surface area contributed by atoms with Crippen molar-refractivity contribution < 1.29 is 8.42 Å². The smallest absolute Gasteiger partial charge is 0.240 e. The zero-order valence-corrected chi connectivity index (χ0v) is 12.3. The first-order valence-electron chi connectivity index (χ1n) is 5.14. The molecule has 0 amide bonds. The van der Waals surface area contributed by atoms with E-state index in [1.54, 1.807) is 41.3 Å². The van der Waals surface area contributed by atoms with Gasteiger partial charge in [-0.15, -0.1) is 0 Å². The molecule has 0 N–H and O–H groups in total. The third-order valence-electron chi connectivity index (χ3n) is 2.43. The zero-order valence-electron chi connectivity index (χ0n) is 9.91. The molecule has 1 heterocycles. The minimum Gasteiger partial charge on any atom is -0.240 e. The van der Waals surface area contributed by atoms with Crippen LogP contribution in [-0.4, -0.2) is 36.6 Å². The first kappa shape index (κ1) is 13.3. The molecule has 7 heteroatoms. The maximum atomic E-state index is 11.9. The summed E-state index contributed by atoms with van der Waals surface area (Å²) in [5.41, 5.74) is 0.804. The molecule has 1 aromatic heterocycles. The molecule has 5 nitrogen and oxygen atoms in total. The lowest BCUT2D eigenvalue weighted by molar-refractivity contribution is 0.520. The number of rotatable bonds is 3. The summed E-state index contributed by atoms with van der Waals surface area (Å²) < 4.78 is 27.5. The highest BCUT2D eigenvalue weighted by Gasteiger charge is 2.16. The number of aromatic nitrogens is 2. The van der Waals surface area contributed by atoms with E-state index in [1.807, 2.05) is 0 Å². The van der Waals surface area contributed by atoms with Crippen LogP contribution in [0, 0.1) is 0 Å². The largest absolute Gasteiger partial charge is 0.242 e. The minimum atomic E-state index is -3.38. The lowest BCUT2D eigenvalue weighted by atomic mass is 10.3. The van der Waals surface area contributed by atoms with Crippen LogP contribution in [0.5, 0.6) is 0 Å². The Morgan fingerprint density at radius 1 is 1.22 bits per heavy atom. The highest BCUT2D eigenvalue weighted by molar-refractivity contribution is 9.10. The molecule has 96 valence electrons. The van der Waals surface area contributed by atoms with Gasteiger partial charge in [0.1, 0.15) is 0 Å². The van der Waals surface area contributed by atoms with E-state index in [4.69, 9.17) is 0 Å². The van der Waals surface area contributed by atoms with Crippen molar-refractivity contribution in [3.63, 3.8) is 0 Å². The van der Waals surface area contributed by atoms with Crippen LogP contribution in [0.2, 0.25) is 0 Å². The van der Waals surface area contributed by atoms with Crippen molar-refractivity contribution in [1.82, 2.24) is 14.1 Å². The molecule has 1 aromatic carbocycles. The second-order valence-corrected chi connectivity index (χ2v) is 6.95. The molecule has 0 fully saturated rings. The predicted octanol–water partition coefficient (Wildman–Crippen LogP) is 1.89. The van der Waals surface area contributed by atoms with Gasteiger partial charge in [-0.3, -0.25) is 0 Å². The maximum Gasteiger partial charge on any atom is 0.242 e. The van der Waals surface area contributed by atoms with Gasteiger partial charge in [-0.1, -0.05) is 0 Å². The van der Waals surface area contributed by atoms with Crippen molar-refractivity contribution >= 4 is 26.0 Å². The van der Waals surface area contributed by atoms with Crippen molar-refractivity contribution in [3.8, 4) is 5.69 Å². The lowest BCUT2D eigenvalue weighted by Gasteiger charge is -2.11. The summed E-state index contributed by atoms with van der Waals surface area (Å²) in [7, 11) is -0.361. The van der Waals surface area contributed by atoms with E-state index in [0.717, 1.165) is 10.2 Å². The first-order valence-corrected chi connectivity index (χ1v) is 7.38. The third-order valence-corrected chi connectivity index (χ3v) is 4.67. The molecule has 18 heavy (non-hydrogen) atoms. The summed E-state index contributed by atoms with van der Waals surface area (Å²) in [6, 6.07) is 6.58. The van der Waals surface area contributed by atoms with E-state index in [0.29, 0.717) is 0 Å². The average Bonchev–Trinajstić information content (AvgIpc) is 2.76. The summed E-state index contributed by atoms with van der Waals surface area (Å²) in [4.78, 5) is 0.266. The van der Waals surface area contributed by atoms with Gasteiger partial charge in [-0.2, -0.15) is 5.10 Å². The molecule has 2 aromatic rings. The highest BCUT2D eigenvalue weighted by Crippen LogP contribution is 2.17. The second kappa shape index (κ2) is 4.83. The van der Waals surface area contributed by atoms with Gasteiger partial charge in [-0.05, 0) is 40.2 Å². The van der Waals surface area contributed by atoms with Gasteiger partial charge in [0.15, 0.2) is 0 Å². The molecule has 0 saturated carbocycles. The Balaban J connectivity index is 2.37. The van der Waals surface area contributed by atoms with Crippen LogP contribution >= 0.6 is 15.9 Å². The monoisotopic (exact) mass is 329 g/mol. The molecule has 0 spiro atoms. The van der Waals surface area contributed by atoms with Gasteiger partial charge in [0.2, 0.25) is 10.0 Å². The average molecular weight is 330 g/mol. The Labute approximate surface area is 114 Å². The van der Waals surface area contributed by atoms with Crippen molar-refractivity contribution in [1.29, 1.82) is 0 Å².